The van der Waals surface area contributed by atoms with Gasteiger partial charge < -0.3 is 20.1 Å². The summed E-state index contributed by atoms with van der Waals surface area (Å²) in [4.78, 5) is 12.0. The zero-order chi connectivity index (χ0) is 20.5. The SMILES string of the molecule is COc1ccc(CCNC(=O)NCc2cccc(Oc3ccc(F)cc3)c2)cc1. The fourth-order valence-corrected chi connectivity index (χ4v) is 2.72. The highest BCUT2D eigenvalue weighted by Crippen LogP contribution is 2.22. The minimum absolute atomic E-state index is 0.233. The predicted molar refractivity (Wildman–Crippen MR) is 110 cm³/mol. The molecule has 3 rings (SSSR count). The van der Waals surface area contributed by atoms with Gasteiger partial charge in [0.1, 0.15) is 23.1 Å². The van der Waals surface area contributed by atoms with E-state index in [0.717, 1.165) is 23.3 Å². The Kier molecular flexibility index (Phi) is 7.05. The highest BCUT2D eigenvalue weighted by atomic mass is 19.1. The highest BCUT2D eigenvalue weighted by Gasteiger charge is 2.03. The highest BCUT2D eigenvalue weighted by molar-refractivity contribution is 5.73. The van der Waals surface area contributed by atoms with E-state index in [9.17, 15) is 9.18 Å². The molecule has 0 spiro atoms. The molecule has 0 radical (unpaired) electrons. The number of hydrogen-bond acceptors (Lipinski definition) is 3. The molecule has 0 aliphatic carbocycles. The molecule has 2 N–H and O–H groups in total. The molecule has 0 aromatic heterocycles. The monoisotopic (exact) mass is 394 g/mol. The molecule has 0 aliphatic rings. The minimum atomic E-state index is -0.312. The quantitative estimate of drug-likeness (QED) is 0.584. The third kappa shape index (κ3) is 6.53. The first-order chi connectivity index (χ1) is 14.1. The van der Waals surface area contributed by atoms with Crippen molar-refractivity contribution in [1.29, 1.82) is 0 Å². The second kappa shape index (κ2) is 10.1. The van der Waals surface area contributed by atoms with Crippen molar-refractivity contribution in [3.63, 3.8) is 0 Å². The molecule has 0 aliphatic heterocycles. The molecule has 0 saturated heterocycles. The van der Waals surface area contributed by atoms with Gasteiger partial charge in [-0.05, 0) is 66.1 Å². The molecule has 0 atom stereocenters. The topological polar surface area (TPSA) is 59.6 Å². The van der Waals surface area contributed by atoms with Gasteiger partial charge in [-0.2, -0.15) is 0 Å². The molecule has 3 aromatic carbocycles. The van der Waals surface area contributed by atoms with Crippen molar-refractivity contribution in [2.75, 3.05) is 13.7 Å². The molecule has 0 unspecified atom stereocenters. The van der Waals surface area contributed by atoms with Crippen LogP contribution in [-0.4, -0.2) is 19.7 Å². The standard InChI is InChI=1S/C23H23FN2O3/c1-28-20-9-5-17(6-10-20)13-14-25-23(27)26-16-18-3-2-4-22(15-18)29-21-11-7-19(24)8-12-21/h2-12,15H,13-14,16H2,1H3,(H2,25,26,27). The van der Waals surface area contributed by atoms with Crippen LogP contribution in [0.25, 0.3) is 0 Å². The van der Waals surface area contributed by atoms with E-state index in [1.807, 2.05) is 48.5 Å². The van der Waals surface area contributed by atoms with Crippen molar-refractivity contribution in [2.45, 2.75) is 13.0 Å². The molecular weight excluding hydrogens is 371 g/mol. The van der Waals surface area contributed by atoms with Crippen LogP contribution in [0.1, 0.15) is 11.1 Å². The van der Waals surface area contributed by atoms with Crippen LogP contribution in [0.2, 0.25) is 0 Å². The Morgan fingerprint density at radius 2 is 1.59 bits per heavy atom. The van der Waals surface area contributed by atoms with Crippen LogP contribution in [0, 0.1) is 5.82 Å². The lowest BCUT2D eigenvalue weighted by Gasteiger charge is -2.10. The molecule has 0 heterocycles. The zero-order valence-electron chi connectivity index (χ0n) is 16.2. The summed E-state index contributed by atoms with van der Waals surface area (Å²) in [5.41, 5.74) is 2.02. The summed E-state index contributed by atoms with van der Waals surface area (Å²) in [6, 6.07) is 20.7. The van der Waals surface area contributed by atoms with Crippen LogP contribution in [0.3, 0.4) is 0 Å². The summed E-state index contributed by atoms with van der Waals surface area (Å²) in [7, 11) is 1.63. The molecule has 0 saturated carbocycles. The normalized spacial score (nSPS) is 10.3. The fourth-order valence-electron chi connectivity index (χ4n) is 2.72. The summed E-state index contributed by atoms with van der Waals surface area (Å²) in [5, 5.41) is 5.67. The number of carbonyl (C=O) groups excluding carboxylic acids is 1. The number of carbonyl (C=O) groups is 1. The molecule has 0 fully saturated rings. The third-order valence-electron chi connectivity index (χ3n) is 4.26. The average molecular weight is 394 g/mol. The van der Waals surface area contributed by atoms with Crippen molar-refractivity contribution in [1.82, 2.24) is 10.6 Å². The van der Waals surface area contributed by atoms with E-state index in [1.54, 1.807) is 19.2 Å². The van der Waals surface area contributed by atoms with Crippen molar-refractivity contribution < 1.29 is 18.7 Å². The maximum absolute atomic E-state index is 13.0. The molecule has 150 valence electrons. The number of nitrogens with one attached hydrogen (secondary N) is 2. The summed E-state index contributed by atoms with van der Waals surface area (Å²) in [5.74, 6) is 1.67. The fraction of sp³-hybridized carbons (Fsp3) is 0.174. The Bertz CT molecular complexity index is 928. The van der Waals surface area contributed by atoms with Gasteiger partial charge in [-0.25, -0.2) is 9.18 Å². The largest absolute Gasteiger partial charge is 0.497 e. The van der Waals surface area contributed by atoms with Crippen LogP contribution < -0.4 is 20.1 Å². The van der Waals surface area contributed by atoms with E-state index in [0.29, 0.717) is 24.6 Å². The smallest absolute Gasteiger partial charge is 0.315 e. The average Bonchev–Trinajstić information content (AvgIpc) is 2.75. The van der Waals surface area contributed by atoms with Gasteiger partial charge in [0.05, 0.1) is 7.11 Å². The summed E-state index contributed by atoms with van der Waals surface area (Å²) >= 11 is 0. The zero-order valence-corrected chi connectivity index (χ0v) is 16.2. The lowest BCUT2D eigenvalue weighted by molar-refractivity contribution is 0.240. The summed E-state index contributed by atoms with van der Waals surface area (Å²) < 4.78 is 23.8. The maximum atomic E-state index is 13.0. The van der Waals surface area contributed by atoms with E-state index >= 15 is 0 Å². The van der Waals surface area contributed by atoms with Gasteiger partial charge in [-0.15, -0.1) is 0 Å². The van der Waals surface area contributed by atoms with Crippen molar-refractivity contribution in [2.24, 2.45) is 0 Å². The Labute approximate surface area is 169 Å². The van der Waals surface area contributed by atoms with Crippen LogP contribution in [-0.2, 0) is 13.0 Å². The second-order valence-corrected chi connectivity index (χ2v) is 6.41. The van der Waals surface area contributed by atoms with E-state index < -0.39 is 0 Å². The second-order valence-electron chi connectivity index (χ2n) is 6.41. The van der Waals surface area contributed by atoms with Crippen molar-refractivity contribution in [3.8, 4) is 17.2 Å². The first-order valence-electron chi connectivity index (χ1n) is 9.29. The van der Waals surface area contributed by atoms with Gasteiger partial charge in [-0.3, -0.25) is 0 Å². The van der Waals surface area contributed by atoms with E-state index in [2.05, 4.69) is 10.6 Å². The van der Waals surface area contributed by atoms with Crippen LogP contribution in [0.15, 0.2) is 72.8 Å². The Morgan fingerprint density at radius 3 is 2.31 bits per heavy atom. The number of amides is 2. The van der Waals surface area contributed by atoms with Crippen molar-refractivity contribution in [3.05, 3.63) is 89.7 Å². The number of urea groups is 1. The summed E-state index contributed by atoms with van der Waals surface area (Å²) in [6.07, 6.45) is 0.735. The van der Waals surface area contributed by atoms with Gasteiger partial charge in [-0.1, -0.05) is 24.3 Å². The van der Waals surface area contributed by atoms with E-state index in [4.69, 9.17) is 9.47 Å². The van der Waals surface area contributed by atoms with Gasteiger partial charge in [0.2, 0.25) is 0 Å². The molecule has 6 heteroatoms. The number of halogens is 1. The first-order valence-corrected chi connectivity index (χ1v) is 9.29. The van der Waals surface area contributed by atoms with Crippen LogP contribution in [0.5, 0.6) is 17.2 Å². The molecule has 3 aromatic rings. The lowest BCUT2D eigenvalue weighted by atomic mass is 10.1. The van der Waals surface area contributed by atoms with Crippen molar-refractivity contribution >= 4 is 6.03 Å². The maximum Gasteiger partial charge on any atom is 0.315 e. The Balaban J connectivity index is 1.43. The third-order valence-corrected chi connectivity index (χ3v) is 4.26. The van der Waals surface area contributed by atoms with Gasteiger partial charge in [0, 0.05) is 13.1 Å². The lowest BCUT2D eigenvalue weighted by Crippen LogP contribution is -2.36. The summed E-state index contributed by atoms with van der Waals surface area (Å²) in [6.45, 7) is 0.904. The van der Waals surface area contributed by atoms with Gasteiger partial charge in [0.25, 0.3) is 0 Å². The molecule has 5 nitrogen and oxygen atoms in total. The van der Waals surface area contributed by atoms with Gasteiger partial charge >= 0.3 is 6.03 Å². The van der Waals surface area contributed by atoms with Gasteiger partial charge in [0.15, 0.2) is 0 Å². The predicted octanol–water partition coefficient (Wildman–Crippen LogP) is 4.67. The number of hydrogen-bond donors (Lipinski definition) is 2. The molecule has 0 bridgehead atoms. The molecule has 29 heavy (non-hydrogen) atoms. The van der Waals surface area contributed by atoms with E-state index in [-0.39, 0.29) is 11.8 Å². The van der Waals surface area contributed by atoms with Crippen LogP contribution in [0.4, 0.5) is 9.18 Å². The number of rotatable bonds is 8. The number of methoxy groups -OCH3 is 1. The number of ether oxygens (including phenoxy) is 2. The molecular formula is C23H23FN2O3. The van der Waals surface area contributed by atoms with Crippen LogP contribution >= 0.6 is 0 Å². The van der Waals surface area contributed by atoms with E-state index in [1.165, 1.54) is 12.1 Å². The Morgan fingerprint density at radius 1 is 0.862 bits per heavy atom. The molecule has 2 amide bonds. The first kappa shape index (κ1) is 20.2. The minimum Gasteiger partial charge on any atom is -0.497 e. The number of benzene rings is 3. The Hall–Kier alpha value is -3.54.